The van der Waals surface area contributed by atoms with Crippen LogP contribution in [0.1, 0.15) is 71.6 Å². The minimum Gasteiger partial charge on any atom is -0.394 e. The average Bonchev–Trinajstić information content (AvgIpc) is 2.59. The second-order valence-corrected chi connectivity index (χ2v) is 7.86. The van der Waals surface area contributed by atoms with E-state index < -0.39 is 30.0 Å². The van der Waals surface area contributed by atoms with Crippen LogP contribution in [0.15, 0.2) is 0 Å². The van der Waals surface area contributed by atoms with Crippen molar-refractivity contribution in [1.29, 1.82) is 0 Å². The van der Waals surface area contributed by atoms with Gasteiger partial charge in [-0.05, 0) is 18.8 Å². The molecule has 5 heteroatoms. The first-order chi connectivity index (χ1) is 11.5. The molecule has 3 aliphatic heterocycles. The molecular weight excluding hydrogens is 308 g/mol. The van der Waals surface area contributed by atoms with Crippen LogP contribution in [0.5, 0.6) is 0 Å². The molecule has 3 aliphatic rings. The quantitative estimate of drug-likeness (QED) is 0.718. The molecule has 3 saturated heterocycles. The van der Waals surface area contributed by atoms with Crippen LogP contribution in [0.2, 0.25) is 0 Å². The van der Waals surface area contributed by atoms with E-state index in [9.17, 15) is 15.3 Å². The van der Waals surface area contributed by atoms with Crippen LogP contribution in [0.25, 0.3) is 0 Å². The Morgan fingerprint density at radius 1 is 1.04 bits per heavy atom. The fourth-order valence-corrected chi connectivity index (χ4v) is 4.20. The summed E-state index contributed by atoms with van der Waals surface area (Å²) in [5.41, 5.74) is -0.639. The van der Waals surface area contributed by atoms with E-state index in [0.717, 1.165) is 32.1 Å². The fraction of sp³-hybridized carbons (Fsp3) is 1.00. The lowest BCUT2D eigenvalue weighted by Gasteiger charge is -2.49. The molecule has 0 amide bonds. The van der Waals surface area contributed by atoms with Gasteiger partial charge in [-0.25, -0.2) is 0 Å². The van der Waals surface area contributed by atoms with Crippen LogP contribution in [0.4, 0.5) is 0 Å². The van der Waals surface area contributed by atoms with Crippen molar-refractivity contribution in [2.24, 2.45) is 11.3 Å². The van der Waals surface area contributed by atoms with Crippen molar-refractivity contribution in [2.45, 2.75) is 96.2 Å². The molecule has 3 N–H and O–H groups in total. The van der Waals surface area contributed by atoms with Gasteiger partial charge in [0.25, 0.3) is 0 Å². The lowest BCUT2D eigenvalue weighted by molar-refractivity contribution is -0.314. The lowest BCUT2D eigenvalue weighted by Crippen LogP contribution is -2.61. The fourth-order valence-electron chi connectivity index (χ4n) is 4.20. The maximum Gasteiger partial charge on any atom is 0.186 e. The van der Waals surface area contributed by atoms with Crippen LogP contribution in [-0.2, 0) is 9.47 Å². The minimum atomic E-state index is -1.07. The third-order valence-electron chi connectivity index (χ3n) is 6.19. The highest BCUT2D eigenvalue weighted by Gasteiger charge is 2.52. The predicted molar refractivity (Wildman–Crippen MR) is 92.5 cm³/mol. The van der Waals surface area contributed by atoms with E-state index in [2.05, 4.69) is 6.92 Å². The number of aliphatic hydroxyl groups excluding tert-OH is 3. The molecule has 0 aromatic rings. The van der Waals surface area contributed by atoms with Gasteiger partial charge in [0.05, 0.1) is 25.4 Å². The lowest BCUT2D eigenvalue weighted by atomic mass is 9.71. The van der Waals surface area contributed by atoms with Gasteiger partial charge in [-0.15, -0.1) is 0 Å². The Morgan fingerprint density at radius 3 is 2.46 bits per heavy atom. The van der Waals surface area contributed by atoms with Gasteiger partial charge in [0.2, 0.25) is 0 Å². The molecule has 3 rings (SSSR count). The van der Waals surface area contributed by atoms with Gasteiger partial charge < -0.3 is 24.8 Å². The molecule has 3 fully saturated rings. The number of hydrogen-bond donors (Lipinski definition) is 3. The summed E-state index contributed by atoms with van der Waals surface area (Å²) in [4.78, 5) is 0. The average molecular weight is 344 g/mol. The molecule has 142 valence electrons. The van der Waals surface area contributed by atoms with Crippen LogP contribution in [0, 0.1) is 11.3 Å². The molecule has 24 heavy (non-hydrogen) atoms. The van der Waals surface area contributed by atoms with E-state index in [0.29, 0.717) is 12.5 Å². The third-order valence-corrected chi connectivity index (χ3v) is 6.19. The third kappa shape index (κ3) is 4.70. The zero-order valence-corrected chi connectivity index (χ0v) is 15.3. The number of ether oxygens (including phenoxy) is 2. The maximum atomic E-state index is 10.7. The first-order valence-electron chi connectivity index (χ1n) is 9.77. The molecule has 0 saturated carbocycles. The van der Waals surface area contributed by atoms with Gasteiger partial charge in [0.1, 0.15) is 6.10 Å². The summed E-state index contributed by atoms with van der Waals surface area (Å²) in [6.45, 7) is 4.46. The highest BCUT2D eigenvalue weighted by Crippen LogP contribution is 2.41. The number of hydrogen-bond acceptors (Lipinski definition) is 5. The van der Waals surface area contributed by atoms with Crippen molar-refractivity contribution >= 4 is 0 Å². The molecule has 0 radical (unpaired) electrons. The summed E-state index contributed by atoms with van der Waals surface area (Å²) in [5.74, 6) is 0.639. The van der Waals surface area contributed by atoms with E-state index in [1.807, 2.05) is 6.92 Å². The predicted octanol–water partition coefficient (Wildman–Crippen LogP) is 2.61. The highest BCUT2D eigenvalue weighted by atomic mass is 16.7. The van der Waals surface area contributed by atoms with Crippen LogP contribution >= 0.6 is 0 Å². The molecule has 0 aromatic carbocycles. The zero-order valence-electron chi connectivity index (χ0n) is 15.3. The van der Waals surface area contributed by atoms with E-state index in [-0.39, 0.29) is 6.61 Å². The standard InChI is InChI=1S/C19H36O5/c1-3-14-9-7-5-4-6-8-11-19(2)15(13-20)24-18(23-12-10-14)16(21)17(19)22/h14-18,20-22H,3-13H2,1-2H3/t14?,15?,16?,17?,18-,19+/m0/s1. The Kier molecular flexibility index (Phi) is 7.95. The summed E-state index contributed by atoms with van der Waals surface area (Å²) in [7, 11) is 0. The van der Waals surface area contributed by atoms with Crippen molar-refractivity contribution in [3.63, 3.8) is 0 Å². The smallest absolute Gasteiger partial charge is 0.186 e. The topological polar surface area (TPSA) is 79.2 Å². The van der Waals surface area contributed by atoms with Gasteiger partial charge in [-0.1, -0.05) is 58.8 Å². The van der Waals surface area contributed by atoms with E-state index in [1.54, 1.807) is 0 Å². The maximum absolute atomic E-state index is 10.7. The molecule has 6 atom stereocenters. The number of fused-ring (bicyclic) bond motifs is 12. The van der Waals surface area contributed by atoms with Crippen molar-refractivity contribution in [2.75, 3.05) is 13.2 Å². The molecule has 5 nitrogen and oxygen atoms in total. The Bertz CT molecular complexity index is 360. The Labute approximate surface area is 146 Å². The van der Waals surface area contributed by atoms with Gasteiger partial charge in [0, 0.05) is 5.41 Å². The molecular formula is C19H36O5. The Hall–Kier alpha value is -0.200. The van der Waals surface area contributed by atoms with Crippen LogP contribution < -0.4 is 0 Å². The summed E-state index contributed by atoms with van der Waals surface area (Å²) >= 11 is 0. The molecule has 0 aromatic heterocycles. The zero-order chi connectivity index (χ0) is 17.6. The Balaban J connectivity index is 2.09. The summed E-state index contributed by atoms with van der Waals surface area (Å²) in [6.07, 6.45) is 6.49. The van der Waals surface area contributed by atoms with E-state index in [1.165, 1.54) is 25.7 Å². The minimum absolute atomic E-state index is 0.169. The molecule has 0 aliphatic carbocycles. The van der Waals surface area contributed by atoms with Crippen LogP contribution in [-0.4, -0.2) is 53.1 Å². The second kappa shape index (κ2) is 9.48. The van der Waals surface area contributed by atoms with Crippen molar-refractivity contribution in [3.8, 4) is 0 Å². The van der Waals surface area contributed by atoms with Crippen molar-refractivity contribution in [1.82, 2.24) is 0 Å². The number of rotatable bonds is 2. The largest absolute Gasteiger partial charge is 0.394 e. The summed E-state index contributed by atoms with van der Waals surface area (Å²) in [6, 6.07) is 0. The van der Waals surface area contributed by atoms with Gasteiger partial charge in [-0.2, -0.15) is 0 Å². The summed E-state index contributed by atoms with van der Waals surface area (Å²) < 4.78 is 11.6. The number of aliphatic hydroxyl groups is 3. The summed E-state index contributed by atoms with van der Waals surface area (Å²) in [5, 5.41) is 30.9. The molecule has 4 unspecified atom stereocenters. The molecule has 2 bridgehead atoms. The van der Waals surface area contributed by atoms with Crippen LogP contribution in [0.3, 0.4) is 0 Å². The first kappa shape index (κ1) is 20.1. The molecule has 3 heterocycles. The second-order valence-electron chi connectivity index (χ2n) is 7.86. The molecule has 0 spiro atoms. The van der Waals surface area contributed by atoms with Gasteiger partial charge >= 0.3 is 0 Å². The van der Waals surface area contributed by atoms with Gasteiger partial charge in [-0.3, -0.25) is 0 Å². The van der Waals surface area contributed by atoms with Crippen molar-refractivity contribution in [3.05, 3.63) is 0 Å². The van der Waals surface area contributed by atoms with E-state index >= 15 is 0 Å². The SMILES string of the molecule is CCC1CCCCCCC[C@]2(C)C(CO)O[C@H](OCC1)C(O)C2O. The van der Waals surface area contributed by atoms with E-state index in [4.69, 9.17) is 9.47 Å². The Morgan fingerprint density at radius 2 is 1.75 bits per heavy atom. The normalized spacial score (nSPS) is 43.1. The highest BCUT2D eigenvalue weighted by molar-refractivity contribution is 4.98. The monoisotopic (exact) mass is 344 g/mol. The van der Waals surface area contributed by atoms with Crippen molar-refractivity contribution < 1.29 is 24.8 Å². The van der Waals surface area contributed by atoms with Gasteiger partial charge in [0.15, 0.2) is 6.29 Å². The first-order valence-corrected chi connectivity index (χ1v) is 9.77.